The molecular weight excluding hydrogens is 358 g/mol. The van der Waals surface area contributed by atoms with Gasteiger partial charge in [0.05, 0.1) is 0 Å². The van der Waals surface area contributed by atoms with Crippen LogP contribution in [0.3, 0.4) is 0 Å². The van der Waals surface area contributed by atoms with Gasteiger partial charge in [0.2, 0.25) is 5.91 Å². The van der Waals surface area contributed by atoms with Crippen molar-refractivity contribution in [3.63, 3.8) is 0 Å². The van der Waals surface area contributed by atoms with Gasteiger partial charge < -0.3 is 25.6 Å². The average Bonchev–Trinajstić information content (AvgIpc) is 2.62. The van der Waals surface area contributed by atoms with E-state index in [1.165, 1.54) is 37.0 Å². The minimum Gasteiger partial charge on any atom is -0.444 e. The summed E-state index contributed by atoms with van der Waals surface area (Å²) in [7, 11) is 3.45. The first-order valence-corrected chi connectivity index (χ1v) is 10.4. The van der Waals surface area contributed by atoms with Gasteiger partial charge >= 0.3 is 6.09 Å². The van der Waals surface area contributed by atoms with E-state index in [0.29, 0.717) is 25.0 Å². The Morgan fingerprint density at radius 1 is 1.04 bits per heavy atom. The Kier molecular flexibility index (Phi) is 10.7. The first-order chi connectivity index (χ1) is 13.2. The standard InChI is InChI=1S/C20H39N5O3/c1-20(2,3)28-19(27)22-13-9-12-21-18(24-15-17(26)25(4)5)23-14-16-10-7-6-8-11-16/h16H,6-15H2,1-5H3,(H,22,27)(H2,21,23,24). The van der Waals surface area contributed by atoms with Gasteiger partial charge in [-0.1, -0.05) is 19.3 Å². The number of likely N-dealkylation sites (N-methyl/N-ethyl adjacent to an activating group) is 1. The number of nitrogens with zero attached hydrogens (tertiary/aromatic N) is 2. The molecule has 0 spiro atoms. The summed E-state index contributed by atoms with van der Waals surface area (Å²) in [4.78, 5) is 29.4. The molecule has 0 aromatic carbocycles. The molecule has 162 valence electrons. The molecule has 0 aromatic rings. The van der Waals surface area contributed by atoms with Crippen LogP contribution in [0.4, 0.5) is 4.79 Å². The number of aliphatic imine (C=N–C) groups is 1. The lowest BCUT2D eigenvalue weighted by molar-refractivity contribution is -0.127. The molecule has 1 aliphatic rings. The molecule has 8 heteroatoms. The number of nitrogens with one attached hydrogen (secondary N) is 3. The van der Waals surface area contributed by atoms with Crippen molar-refractivity contribution in [2.45, 2.75) is 64.9 Å². The predicted molar refractivity (Wildman–Crippen MR) is 112 cm³/mol. The Balaban J connectivity index is 2.38. The van der Waals surface area contributed by atoms with Crippen LogP contribution in [-0.4, -0.2) is 68.7 Å². The van der Waals surface area contributed by atoms with E-state index in [9.17, 15) is 9.59 Å². The highest BCUT2D eigenvalue weighted by Gasteiger charge is 2.16. The maximum absolute atomic E-state index is 11.8. The van der Waals surface area contributed by atoms with Crippen LogP contribution < -0.4 is 16.0 Å². The number of hydrogen-bond acceptors (Lipinski definition) is 4. The van der Waals surface area contributed by atoms with Crippen molar-refractivity contribution in [3.05, 3.63) is 0 Å². The highest BCUT2D eigenvalue weighted by atomic mass is 16.6. The van der Waals surface area contributed by atoms with Gasteiger partial charge in [0, 0.05) is 33.7 Å². The zero-order valence-electron chi connectivity index (χ0n) is 18.3. The summed E-state index contributed by atoms with van der Waals surface area (Å²) in [6, 6.07) is 0. The van der Waals surface area contributed by atoms with Crippen molar-refractivity contribution >= 4 is 18.0 Å². The number of guanidine groups is 1. The molecule has 2 amide bonds. The smallest absolute Gasteiger partial charge is 0.407 e. The van der Waals surface area contributed by atoms with Gasteiger partial charge in [-0.25, -0.2) is 9.79 Å². The SMILES string of the molecule is CN(C)C(=O)CN=C(NCCCNC(=O)OC(C)(C)C)NCC1CCCCC1. The lowest BCUT2D eigenvalue weighted by Gasteiger charge is -2.23. The molecule has 0 bridgehead atoms. The fourth-order valence-electron chi connectivity index (χ4n) is 2.89. The molecule has 1 rings (SSSR count). The van der Waals surface area contributed by atoms with Crippen LogP contribution in [0.1, 0.15) is 59.3 Å². The van der Waals surface area contributed by atoms with Crippen molar-refractivity contribution in [2.75, 3.05) is 40.3 Å². The van der Waals surface area contributed by atoms with E-state index in [1.807, 2.05) is 20.8 Å². The molecule has 0 saturated heterocycles. The number of amides is 2. The van der Waals surface area contributed by atoms with E-state index < -0.39 is 11.7 Å². The topological polar surface area (TPSA) is 95.1 Å². The van der Waals surface area contributed by atoms with Crippen LogP contribution in [0.25, 0.3) is 0 Å². The quantitative estimate of drug-likeness (QED) is 0.331. The highest BCUT2D eigenvalue weighted by Crippen LogP contribution is 2.22. The molecule has 0 atom stereocenters. The van der Waals surface area contributed by atoms with Crippen LogP contribution in [0.5, 0.6) is 0 Å². The van der Waals surface area contributed by atoms with Crippen molar-refractivity contribution in [2.24, 2.45) is 10.9 Å². The zero-order chi connectivity index (χ0) is 21.0. The van der Waals surface area contributed by atoms with Gasteiger partial charge in [-0.2, -0.15) is 0 Å². The van der Waals surface area contributed by atoms with E-state index >= 15 is 0 Å². The van der Waals surface area contributed by atoms with E-state index in [0.717, 1.165) is 13.0 Å². The van der Waals surface area contributed by atoms with Gasteiger partial charge in [-0.15, -0.1) is 0 Å². The van der Waals surface area contributed by atoms with Crippen LogP contribution in [0.15, 0.2) is 4.99 Å². The molecule has 1 fully saturated rings. The third kappa shape index (κ3) is 11.7. The maximum atomic E-state index is 11.8. The summed E-state index contributed by atoms with van der Waals surface area (Å²) < 4.78 is 5.21. The average molecular weight is 398 g/mol. The Labute approximate surface area is 169 Å². The zero-order valence-corrected chi connectivity index (χ0v) is 18.3. The maximum Gasteiger partial charge on any atom is 0.407 e. The van der Waals surface area contributed by atoms with Gasteiger partial charge in [0.25, 0.3) is 0 Å². The van der Waals surface area contributed by atoms with Gasteiger partial charge in [0.15, 0.2) is 5.96 Å². The molecule has 3 N–H and O–H groups in total. The minimum absolute atomic E-state index is 0.0367. The van der Waals surface area contributed by atoms with Gasteiger partial charge in [-0.3, -0.25) is 4.79 Å². The number of rotatable bonds is 8. The molecule has 0 aromatic heterocycles. The van der Waals surface area contributed by atoms with E-state index in [2.05, 4.69) is 20.9 Å². The normalized spacial score (nSPS) is 15.7. The summed E-state index contributed by atoms with van der Waals surface area (Å²) in [6.45, 7) is 7.65. The minimum atomic E-state index is -0.496. The lowest BCUT2D eigenvalue weighted by Crippen LogP contribution is -2.42. The van der Waals surface area contributed by atoms with Crippen molar-refractivity contribution in [1.82, 2.24) is 20.9 Å². The first-order valence-electron chi connectivity index (χ1n) is 10.4. The fraction of sp³-hybridized carbons (Fsp3) is 0.850. The highest BCUT2D eigenvalue weighted by molar-refractivity contribution is 5.84. The number of carbonyl (C=O) groups is 2. The Morgan fingerprint density at radius 2 is 1.68 bits per heavy atom. The molecule has 0 unspecified atom stereocenters. The van der Waals surface area contributed by atoms with Crippen LogP contribution in [0, 0.1) is 5.92 Å². The van der Waals surface area contributed by atoms with Gasteiger partial charge in [0.1, 0.15) is 12.1 Å². The van der Waals surface area contributed by atoms with Gasteiger partial charge in [-0.05, 0) is 46.0 Å². The van der Waals surface area contributed by atoms with Crippen molar-refractivity contribution in [3.8, 4) is 0 Å². The second-order valence-corrected chi connectivity index (χ2v) is 8.55. The Bertz CT molecular complexity index is 508. The molecule has 1 aliphatic carbocycles. The number of carbonyl (C=O) groups excluding carboxylic acids is 2. The van der Waals surface area contributed by atoms with Crippen LogP contribution >= 0.6 is 0 Å². The summed E-state index contributed by atoms with van der Waals surface area (Å²) in [5.41, 5.74) is -0.496. The Hall–Kier alpha value is -1.99. The number of alkyl carbamates (subject to hydrolysis) is 1. The molecule has 8 nitrogen and oxygen atoms in total. The molecule has 0 radical (unpaired) electrons. The first kappa shape index (κ1) is 24.0. The van der Waals surface area contributed by atoms with Crippen molar-refractivity contribution < 1.29 is 14.3 Å². The largest absolute Gasteiger partial charge is 0.444 e. The monoisotopic (exact) mass is 397 g/mol. The second kappa shape index (κ2) is 12.5. The number of hydrogen-bond donors (Lipinski definition) is 3. The lowest BCUT2D eigenvalue weighted by atomic mass is 9.89. The third-order valence-electron chi connectivity index (χ3n) is 4.47. The fourth-order valence-corrected chi connectivity index (χ4v) is 2.89. The number of ether oxygens (including phenoxy) is 1. The molecule has 1 saturated carbocycles. The van der Waals surface area contributed by atoms with E-state index in [-0.39, 0.29) is 12.5 Å². The summed E-state index contributed by atoms with van der Waals surface area (Å²) in [5.74, 6) is 1.28. The van der Waals surface area contributed by atoms with Crippen LogP contribution in [-0.2, 0) is 9.53 Å². The van der Waals surface area contributed by atoms with Crippen LogP contribution in [0.2, 0.25) is 0 Å². The molecule has 28 heavy (non-hydrogen) atoms. The second-order valence-electron chi connectivity index (χ2n) is 8.55. The summed E-state index contributed by atoms with van der Waals surface area (Å²) in [5, 5.41) is 9.36. The molecular formula is C20H39N5O3. The van der Waals surface area contributed by atoms with Crippen molar-refractivity contribution in [1.29, 1.82) is 0 Å². The summed E-state index contributed by atoms with van der Waals surface area (Å²) >= 11 is 0. The molecule has 0 heterocycles. The predicted octanol–water partition coefficient (Wildman–Crippen LogP) is 2.10. The van der Waals surface area contributed by atoms with E-state index in [1.54, 1.807) is 14.1 Å². The third-order valence-corrected chi connectivity index (χ3v) is 4.47. The van der Waals surface area contributed by atoms with E-state index in [4.69, 9.17) is 4.74 Å². The Morgan fingerprint density at radius 3 is 2.29 bits per heavy atom. The summed E-state index contributed by atoms with van der Waals surface area (Å²) in [6.07, 6.45) is 6.73. The molecule has 0 aliphatic heterocycles.